The Morgan fingerprint density at radius 3 is 2.63 bits per heavy atom. The molecule has 27 heavy (non-hydrogen) atoms. The van der Waals surface area contributed by atoms with Crippen molar-refractivity contribution >= 4 is 27.8 Å². The molecule has 8 heteroatoms. The van der Waals surface area contributed by atoms with Crippen LogP contribution >= 0.6 is 0 Å². The van der Waals surface area contributed by atoms with Crippen LogP contribution in [0.4, 0.5) is 5.69 Å². The van der Waals surface area contributed by atoms with E-state index in [1.165, 1.54) is 6.21 Å². The average molecular weight is 389 g/mol. The van der Waals surface area contributed by atoms with Crippen LogP contribution in [0.25, 0.3) is 0 Å². The number of nitrogens with one attached hydrogen (secondary N) is 1. The third kappa shape index (κ3) is 6.10. The molecule has 0 saturated carbocycles. The molecule has 0 aliphatic rings. The molecule has 0 heterocycles. The smallest absolute Gasteiger partial charge is 0.260 e. The van der Waals surface area contributed by atoms with Gasteiger partial charge in [-0.2, -0.15) is 5.10 Å². The Morgan fingerprint density at radius 2 is 1.96 bits per heavy atom. The van der Waals surface area contributed by atoms with E-state index in [9.17, 15) is 13.2 Å². The number of aryl methyl sites for hydroxylation is 1. The minimum atomic E-state index is -3.70. The van der Waals surface area contributed by atoms with Gasteiger partial charge in [-0.3, -0.25) is 9.10 Å². The van der Waals surface area contributed by atoms with Gasteiger partial charge in [0.1, 0.15) is 12.3 Å². The first kappa shape index (κ1) is 20.4. The van der Waals surface area contributed by atoms with E-state index >= 15 is 0 Å². The summed E-state index contributed by atoms with van der Waals surface area (Å²) in [5.41, 5.74) is 4.56. The molecule has 0 saturated heterocycles. The van der Waals surface area contributed by atoms with Crippen LogP contribution in [-0.2, 0) is 14.8 Å². The molecule has 0 aliphatic heterocycles. The maximum absolute atomic E-state index is 12.2. The summed E-state index contributed by atoms with van der Waals surface area (Å²) in [6, 6.07) is 14.3. The van der Waals surface area contributed by atoms with Crippen LogP contribution in [0.1, 0.15) is 18.1 Å². The Bertz CT molecular complexity index is 926. The number of nitrogens with zero attached hydrogens (tertiary/aromatic N) is 2. The fraction of sp³-hybridized carbons (Fsp3) is 0.263. The number of para-hydroxylation sites is 2. The Hall–Kier alpha value is -2.87. The number of carbonyl (C=O) groups excluding carboxylic acids is 1. The van der Waals surface area contributed by atoms with Crippen LogP contribution < -0.4 is 14.5 Å². The van der Waals surface area contributed by atoms with E-state index in [4.69, 9.17) is 4.74 Å². The molecule has 0 radical (unpaired) electrons. The number of amides is 1. The molecular weight excluding hydrogens is 366 g/mol. The van der Waals surface area contributed by atoms with Gasteiger partial charge in [0.15, 0.2) is 0 Å². The highest BCUT2D eigenvalue weighted by Gasteiger charge is 2.23. The quantitative estimate of drug-likeness (QED) is 0.554. The van der Waals surface area contributed by atoms with Gasteiger partial charge in [0.25, 0.3) is 5.91 Å². The monoisotopic (exact) mass is 389 g/mol. The highest BCUT2D eigenvalue weighted by Crippen LogP contribution is 2.29. The first-order valence-electron chi connectivity index (χ1n) is 8.39. The largest absolute Gasteiger partial charge is 0.492 e. The number of hydrogen-bond donors (Lipinski definition) is 1. The number of sulfonamides is 1. The summed E-state index contributed by atoms with van der Waals surface area (Å²) < 4.78 is 30.9. The van der Waals surface area contributed by atoms with Gasteiger partial charge in [-0.15, -0.1) is 0 Å². The minimum Gasteiger partial charge on any atom is -0.492 e. The van der Waals surface area contributed by atoms with Gasteiger partial charge in [0.2, 0.25) is 10.0 Å². The van der Waals surface area contributed by atoms with Crippen molar-refractivity contribution in [3.63, 3.8) is 0 Å². The SMILES string of the molecule is CCOc1ccccc1N(CC(=O)N/N=C\c1cccc(C)c1)S(C)(=O)=O. The average Bonchev–Trinajstić information content (AvgIpc) is 2.60. The van der Waals surface area contributed by atoms with Crippen molar-refractivity contribution in [2.45, 2.75) is 13.8 Å². The Balaban J connectivity index is 2.14. The fourth-order valence-electron chi connectivity index (χ4n) is 2.42. The Morgan fingerprint density at radius 1 is 1.22 bits per heavy atom. The molecule has 0 aromatic heterocycles. The number of benzene rings is 2. The second-order valence-corrected chi connectivity index (χ2v) is 7.78. The van der Waals surface area contributed by atoms with E-state index in [1.54, 1.807) is 31.2 Å². The fourth-order valence-corrected chi connectivity index (χ4v) is 3.28. The van der Waals surface area contributed by atoms with Crippen LogP contribution in [0, 0.1) is 6.92 Å². The maximum Gasteiger partial charge on any atom is 0.260 e. The molecule has 1 amide bonds. The van der Waals surface area contributed by atoms with Crippen molar-refractivity contribution < 1.29 is 17.9 Å². The van der Waals surface area contributed by atoms with E-state index in [0.717, 1.165) is 21.7 Å². The third-order valence-corrected chi connectivity index (χ3v) is 4.69. The van der Waals surface area contributed by atoms with Gasteiger partial charge in [0.05, 0.1) is 24.8 Å². The Kier molecular flexibility index (Phi) is 6.95. The molecule has 0 bridgehead atoms. The number of anilines is 1. The predicted octanol–water partition coefficient (Wildman–Crippen LogP) is 2.31. The lowest BCUT2D eigenvalue weighted by Gasteiger charge is -2.23. The zero-order valence-corrected chi connectivity index (χ0v) is 16.4. The number of hydrogen-bond acceptors (Lipinski definition) is 5. The molecule has 2 rings (SSSR count). The third-order valence-electron chi connectivity index (χ3n) is 3.57. The number of rotatable bonds is 8. The van der Waals surface area contributed by atoms with Crippen LogP contribution in [0.2, 0.25) is 0 Å². The van der Waals surface area contributed by atoms with Crippen LogP contribution in [0.15, 0.2) is 53.6 Å². The lowest BCUT2D eigenvalue weighted by atomic mass is 10.2. The van der Waals surface area contributed by atoms with E-state index in [-0.39, 0.29) is 0 Å². The molecule has 0 aliphatic carbocycles. The summed E-state index contributed by atoms with van der Waals surface area (Å²) in [5.74, 6) is -0.169. The van der Waals surface area contributed by atoms with Crippen molar-refractivity contribution in [3.05, 3.63) is 59.7 Å². The van der Waals surface area contributed by atoms with Gasteiger partial charge >= 0.3 is 0 Å². The van der Waals surface area contributed by atoms with Crippen molar-refractivity contribution in [2.24, 2.45) is 5.10 Å². The molecule has 2 aromatic carbocycles. The highest BCUT2D eigenvalue weighted by molar-refractivity contribution is 7.92. The second-order valence-electron chi connectivity index (χ2n) is 5.88. The van der Waals surface area contributed by atoms with E-state index in [2.05, 4.69) is 10.5 Å². The predicted molar refractivity (Wildman–Crippen MR) is 107 cm³/mol. The molecule has 0 spiro atoms. The molecular formula is C19H23N3O4S. The summed E-state index contributed by atoms with van der Waals surface area (Å²) in [6.45, 7) is 3.72. The normalized spacial score (nSPS) is 11.4. The summed E-state index contributed by atoms with van der Waals surface area (Å²) in [7, 11) is -3.70. The zero-order valence-electron chi connectivity index (χ0n) is 15.5. The molecule has 0 fully saturated rings. The van der Waals surface area contributed by atoms with Crippen LogP contribution in [0.3, 0.4) is 0 Å². The summed E-state index contributed by atoms with van der Waals surface area (Å²) >= 11 is 0. The topological polar surface area (TPSA) is 88.1 Å². The van der Waals surface area contributed by atoms with E-state index < -0.39 is 22.5 Å². The Labute approximate surface area is 159 Å². The number of ether oxygens (including phenoxy) is 1. The second kappa shape index (κ2) is 9.18. The van der Waals surface area contributed by atoms with Crippen LogP contribution in [0.5, 0.6) is 5.75 Å². The zero-order chi connectivity index (χ0) is 19.9. The van der Waals surface area contributed by atoms with E-state index in [1.807, 2.05) is 31.2 Å². The lowest BCUT2D eigenvalue weighted by molar-refractivity contribution is -0.119. The van der Waals surface area contributed by atoms with Gasteiger partial charge in [-0.25, -0.2) is 13.8 Å². The first-order valence-corrected chi connectivity index (χ1v) is 10.2. The highest BCUT2D eigenvalue weighted by atomic mass is 32.2. The molecule has 2 aromatic rings. The molecule has 7 nitrogen and oxygen atoms in total. The maximum atomic E-state index is 12.2. The molecule has 144 valence electrons. The standard InChI is InChI=1S/C19H23N3O4S/c1-4-26-18-11-6-5-10-17(18)22(27(3,24)25)14-19(23)21-20-13-16-9-7-8-15(2)12-16/h5-13H,4,14H2,1-3H3,(H,21,23)/b20-13-. The van der Waals surface area contributed by atoms with Crippen molar-refractivity contribution in [1.82, 2.24) is 5.43 Å². The molecule has 0 unspecified atom stereocenters. The minimum absolute atomic E-state index is 0.305. The molecule has 1 N–H and O–H groups in total. The first-order chi connectivity index (χ1) is 12.8. The van der Waals surface area contributed by atoms with Crippen molar-refractivity contribution in [1.29, 1.82) is 0 Å². The molecule has 0 atom stereocenters. The van der Waals surface area contributed by atoms with Gasteiger partial charge < -0.3 is 4.74 Å². The van der Waals surface area contributed by atoms with Gasteiger partial charge in [-0.05, 0) is 31.5 Å². The summed E-state index contributed by atoms with van der Waals surface area (Å²) in [5, 5.41) is 3.89. The summed E-state index contributed by atoms with van der Waals surface area (Å²) in [6.07, 6.45) is 2.54. The number of carbonyl (C=O) groups is 1. The van der Waals surface area contributed by atoms with Crippen molar-refractivity contribution in [3.8, 4) is 5.75 Å². The summed E-state index contributed by atoms with van der Waals surface area (Å²) in [4.78, 5) is 12.2. The van der Waals surface area contributed by atoms with Crippen LogP contribution in [-0.4, -0.2) is 39.9 Å². The van der Waals surface area contributed by atoms with Gasteiger partial charge in [-0.1, -0.05) is 42.0 Å². The van der Waals surface area contributed by atoms with Crippen molar-refractivity contribution in [2.75, 3.05) is 23.7 Å². The lowest BCUT2D eigenvalue weighted by Crippen LogP contribution is -2.39. The van der Waals surface area contributed by atoms with E-state index in [0.29, 0.717) is 18.0 Å². The van der Waals surface area contributed by atoms with Gasteiger partial charge in [0, 0.05) is 0 Å². The number of hydrazone groups is 1.